The largest absolute Gasteiger partial charge is 0.344 e. The average molecular weight is 216 g/mol. The summed E-state index contributed by atoms with van der Waals surface area (Å²) in [6.45, 7) is 2.45. The van der Waals surface area contributed by atoms with Gasteiger partial charge in [0.1, 0.15) is 0 Å². The summed E-state index contributed by atoms with van der Waals surface area (Å²) in [4.78, 5) is 11.3. The lowest BCUT2D eigenvalue weighted by Crippen LogP contribution is -2.36. The molecule has 1 amide bonds. The van der Waals surface area contributed by atoms with E-state index < -0.39 is 0 Å². The number of amides is 1. The highest BCUT2D eigenvalue weighted by atomic mass is 16.1. The maximum Gasteiger partial charge on any atom is 0.296 e. The second-order valence-corrected chi connectivity index (χ2v) is 3.49. The number of nitrogens with two attached hydrogens (primary N) is 1. The molecule has 1 rings (SSSR count). The number of carbonyl (C=O) groups excluding carboxylic acids is 1. The van der Waals surface area contributed by atoms with Gasteiger partial charge in [-0.15, -0.1) is 0 Å². The number of benzene rings is 1. The van der Waals surface area contributed by atoms with Crippen LogP contribution in [0.25, 0.3) is 0 Å². The normalized spacial score (nSPS) is 11.1. The minimum Gasteiger partial charge on any atom is -0.344 e. The third-order valence-electron chi connectivity index (χ3n) is 2.14. The molecule has 3 nitrogen and oxygen atoms in total. The molecule has 1 aromatic rings. The Morgan fingerprint density at radius 2 is 2.12 bits per heavy atom. The number of nitrogens with one attached hydrogen (secondary N) is 1. The van der Waals surface area contributed by atoms with Gasteiger partial charge in [-0.2, -0.15) is 0 Å². The summed E-state index contributed by atoms with van der Waals surface area (Å²) in [5.41, 5.74) is 6.50. The fourth-order valence-corrected chi connectivity index (χ4v) is 1.06. The molecule has 0 aliphatic heterocycles. The van der Waals surface area contributed by atoms with E-state index >= 15 is 0 Å². The Morgan fingerprint density at radius 3 is 2.75 bits per heavy atom. The van der Waals surface area contributed by atoms with Crippen molar-refractivity contribution in [1.29, 1.82) is 0 Å². The molecule has 0 fully saturated rings. The maximum absolute atomic E-state index is 11.3. The lowest BCUT2D eigenvalue weighted by molar-refractivity contribution is -0.115. The highest BCUT2D eigenvalue weighted by molar-refractivity contribution is 5.94. The van der Waals surface area contributed by atoms with Gasteiger partial charge >= 0.3 is 0 Å². The first kappa shape index (κ1) is 12.3. The molecule has 0 radical (unpaired) electrons. The third-order valence-corrected chi connectivity index (χ3v) is 2.14. The number of carbonyl (C=O) groups is 1. The predicted molar refractivity (Wildman–Crippen MR) is 64.6 cm³/mol. The van der Waals surface area contributed by atoms with E-state index in [0.717, 1.165) is 12.0 Å². The topological polar surface area (TPSA) is 55.1 Å². The van der Waals surface area contributed by atoms with Gasteiger partial charge in [-0.3, -0.25) is 4.79 Å². The van der Waals surface area contributed by atoms with Crippen LogP contribution in [0.15, 0.2) is 30.3 Å². The molecule has 1 atom stereocenters. The molecule has 0 aromatic heterocycles. The molecule has 0 aliphatic rings. The number of rotatable bonds is 3. The van der Waals surface area contributed by atoms with Crippen molar-refractivity contribution in [2.75, 3.05) is 6.54 Å². The molecular weight excluding hydrogens is 200 g/mol. The Hall–Kier alpha value is -1.79. The van der Waals surface area contributed by atoms with Crippen LogP contribution in [-0.2, 0) is 4.79 Å². The van der Waals surface area contributed by atoms with Gasteiger partial charge in [-0.1, -0.05) is 31.0 Å². The fourth-order valence-electron chi connectivity index (χ4n) is 1.06. The van der Waals surface area contributed by atoms with Crippen molar-refractivity contribution in [2.45, 2.75) is 19.4 Å². The summed E-state index contributed by atoms with van der Waals surface area (Å²) in [6.07, 6.45) is 0.840. The second kappa shape index (κ2) is 6.65. The van der Waals surface area contributed by atoms with Crippen LogP contribution in [0.5, 0.6) is 0 Å². The first-order valence-electron chi connectivity index (χ1n) is 5.33. The zero-order valence-corrected chi connectivity index (χ0v) is 9.36. The van der Waals surface area contributed by atoms with Gasteiger partial charge < -0.3 is 11.1 Å². The Kier molecular flexibility index (Phi) is 5.10. The second-order valence-electron chi connectivity index (χ2n) is 3.49. The predicted octanol–water partition coefficient (Wildman–Crippen LogP) is 0.892. The maximum atomic E-state index is 11.3. The van der Waals surface area contributed by atoms with Crippen molar-refractivity contribution >= 4 is 5.91 Å². The molecule has 84 valence electrons. The van der Waals surface area contributed by atoms with Gasteiger partial charge in [0.25, 0.3) is 5.91 Å². The van der Waals surface area contributed by atoms with Crippen LogP contribution >= 0.6 is 0 Å². The Morgan fingerprint density at radius 1 is 1.44 bits per heavy atom. The van der Waals surface area contributed by atoms with Crippen LogP contribution < -0.4 is 11.1 Å². The quantitative estimate of drug-likeness (QED) is 0.737. The van der Waals surface area contributed by atoms with Gasteiger partial charge in [-0.05, 0) is 18.6 Å². The molecule has 0 aliphatic carbocycles. The molecule has 0 saturated heterocycles. The molecule has 0 bridgehead atoms. The van der Waals surface area contributed by atoms with E-state index in [1.807, 2.05) is 37.3 Å². The molecule has 16 heavy (non-hydrogen) atoms. The van der Waals surface area contributed by atoms with Crippen molar-refractivity contribution in [3.8, 4) is 11.8 Å². The van der Waals surface area contributed by atoms with Crippen LogP contribution in [0.4, 0.5) is 0 Å². The van der Waals surface area contributed by atoms with Crippen LogP contribution in [0.3, 0.4) is 0 Å². The van der Waals surface area contributed by atoms with Gasteiger partial charge in [0.15, 0.2) is 0 Å². The Balaban J connectivity index is 2.43. The van der Waals surface area contributed by atoms with Crippen molar-refractivity contribution in [3.05, 3.63) is 35.9 Å². The van der Waals surface area contributed by atoms with Crippen LogP contribution in [0, 0.1) is 11.8 Å². The van der Waals surface area contributed by atoms with Gasteiger partial charge in [0.05, 0.1) is 0 Å². The first-order chi connectivity index (χ1) is 7.72. The molecule has 3 N–H and O–H groups in total. The van der Waals surface area contributed by atoms with Crippen molar-refractivity contribution in [2.24, 2.45) is 5.73 Å². The van der Waals surface area contributed by atoms with E-state index in [2.05, 4.69) is 17.2 Å². The average Bonchev–Trinajstić information content (AvgIpc) is 2.34. The smallest absolute Gasteiger partial charge is 0.296 e. The van der Waals surface area contributed by atoms with Crippen molar-refractivity contribution in [1.82, 2.24) is 5.32 Å². The van der Waals surface area contributed by atoms with E-state index in [9.17, 15) is 4.79 Å². The van der Waals surface area contributed by atoms with E-state index in [0.29, 0.717) is 6.54 Å². The standard InChI is InChI=1S/C13H16N2O/c1-2-12(14)10-15-13(16)9-8-11-6-4-3-5-7-11/h3-7,12H,2,10,14H2,1H3,(H,15,16). The molecule has 1 unspecified atom stereocenters. The monoisotopic (exact) mass is 216 g/mol. The van der Waals surface area contributed by atoms with E-state index in [-0.39, 0.29) is 11.9 Å². The SMILES string of the molecule is CCC(N)CNC(=O)C#Cc1ccccc1. The summed E-state index contributed by atoms with van der Waals surface area (Å²) in [7, 11) is 0. The zero-order valence-electron chi connectivity index (χ0n) is 9.36. The van der Waals surface area contributed by atoms with Gasteiger partial charge in [0, 0.05) is 24.1 Å². The van der Waals surface area contributed by atoms with Crippen LogP contribution in [-0.4, -0.2) is 18.5 Å². The highest BCUT2D eigenvalue weighted by Crippen LogP contribution is 1.94. The molecule has 0 spiro atoms. The minimum absolute atomic E-state index is 0.00229. The van der Waals surface area contributed by atoms with Crippen LogP contribution in [0.2, 0.25) is 0 Å². The molecule has 0 heterocycles. The lowest BCUT2D eigenvalue weighted by atomic mass is 10.2. The zero-order chi connectivity index (χ0) is 11.8. The minimum atomic E-state index is -0.284. The summed E-state index contributed by atoms with van der Waals surface area (Å²) in [5, 5.41) is 2.67. The molecular formula is C13H16N2O. The van der Waals surface area contributed by atoms with E-state index in [1.165, 1.54) is 0 Å². The summed E-state index contributed by atoms with van der Waals surface area (Å²) in [5.74, 6) is 5.02. The molecule has 1 aromatic carbocycles. The van der Waals surface area contributed by atoms with Gasteiger partial charge in [-0.25, -0.2) is 0 Å². The van der Waals surface area contributed by atoms with E-state index in [4.69, 9.17) is 5.73 Å². The van der Waals surface area contributed by atoms with Gasteiger partial charge in [0.2, 0.25) is 0 Å². The Labute approximate surface area is 96.0 Å². The van der Waals surface area contributed by atoms with Crippen molar-refractivity contribution in [3.63, 3.8) is 0 Å². The third kappa shape index (κ3) is 4.63. The molecule has 0 saturated carbocycles. The first-order valence-corrected chi connectivity index (χ1v) is 5.33. The van der Waals surface area contributed by atoms with E-state index in [1.54, 1.807) is 0 Å². The fraction of sp³-hybridized carbons (Fsp3) is 0.308. The van der Waals surface area contributed by atoms with Crippen molar-refractivity contribution < 1.29 is 4.79 Å². The number of hydrogen-bond acceptors (Lipinski definition) is 2. The summed E-state index contributed by atoms with van der Waals surface area (Å²) in [6, 6.07) is 9.40. The summed E-state index contributed by atoms with van der Waals surface area (Å²) < 4.78 is 0. The Bertz CT molecular complexity index is 389. The molecule has 3 heteroatoms. The summed E-state index contributed by atoms with van der Waals surface area (Å²) >= 11 is 0. The van der Waals surface area contributed by atoms with Crippen LogP contribution in [0.1, 0.15) is 18.9 Å². The lowest BCUT2D eigenvalue weighted by Gasteiger charge is -2.07. The number of hydrogen-bond donors (Lipinski definition) is 2. The highest BCUT2D eigenvalue weighted by Gasteiger charge is 2.00.